The molecule has 0 radical (unpaired) electrons. The van der Waals surface area contributed by atoms with Gasteiger partial charge in [0.1, 0.15) is 17.6 Å². The Hall–Kier alpha value is -4.24. The van der Waals surface area contributed by atoms with Crippen LogP contribution < -0.4 is 10.6 Å². The summed E-state index contributed by atoms with van der Waals surface area (Å²) >= 11 is 5.73. The number of rotatable bonds is 9. The second kappa shape index (κ2) is 10.6. The topological polar surface area (TPSA) is 96.5 Å². The van der Waals surface area contributed by atoms with Gasteiger partial charge in [0.15, 0.2) is 5.11 Å². The monoisotopic (exact) mass is 499 g/mol. The number of hydrogen-bond acceptors (Lipinski definition) is 6. The molecule has 9 heteroatoms. The fourth-order valence-electron chi connectivity index (χ4n) is 4.49. The van der Waals surface area contributed by atoms with Crippen LogP contribution in [0.25, 0.3) is 11.3 Å². The van der Waals surface area contributed by atoms with Crippen LogP contribution in [-0.2, 0) is 0 Å². The molecule has 2 aromatic heterocycles. The lowest BCUT2D eigenvalue weighted by Crippen LogP contribution is -2.31. The summed E-state index contributed by atoms with van der Waals surface area (Å²) in [5.41, 5.74) is 2.36. The van der Waals surface area contributed by atoms with Crippen molar-refractivity contribution in [2.24, 2.45) is 0 Å². The normalized spacial score (nSPS) is 17.1. The Kier molecular flexibility index (Phi) is 6.90. The molecule has 1 fully saturated rings. The summed E-state index contributed by atoms with van der Waals surface area (Å²) in [6, 6.07) is 25.6. The van der Waals surface area contributed by atoms with Gasteiger partial charge in [-0.05, 0) is 61.1 Å². The van der Waals surface area contributed by atoms with Gasteiger partial charge in [0.05, 0.1) is 22.2 Å². The van der Waals surface area contributed by atoms with Crippen LogP contribution in [-0.4, -0.2) is 33.0 Å². The van der Waals surface area contributed by atoms with E-state index in [2.05, 4.69) is 20.5 Å². The second-order valence-corrected chi connectivity index (χ2v) is 8.83. The molecule has 0 unspecified atom stereocenters. The molecular weight excluding hydrogens is 474 g/mol. The quantitative estimate of drug-likeness (QED) is 0.131. The van der Waals surface area contributed by atoms with Crippen LogP contribution in [0.5, 0.6) is 0 Å². The summed E-state index contributed by atoms with van der Waals surface area (Å²) < 4.78 is 6.26. The Morgan fingerprint density at radius 2 is 1.81 bits per heavy atom. The summed E-state index contributed by atoms with van der Waals surface area (Å²) in [5, 5.41) is 19.0. The third-order valence-electron chi connectivity index (χ3n) is 6.16. The fraction of sp³-hybridized carbons (Fsp3) is 0.185. The Bertz CT molecular complexity index is 1350. The molecule has 2 aromatic carbocycles. The number of benzene rings is 2. The number of aromatic nitrogens is 1. The molecule has 5 rings (SSSR count). The molecule has 0 aliphatic carbocycles. The molecular formula is C27H25N5O3S. The predicted molar refractivity (Wildman–Crippen MR) is 143 cm³/mol. The molecule has 0 spiro atoms. The van der Waals surface area contributed by atoms with E-state index in [0.29, 0.717) is 28.7 Å². The number of hydrogen-bond donors (Lipinski definition) is 2. The Labute approximate surface area is 214 Å². The van der Waals surface area contributed by atoms with E-state index in [4.69, 9.17) is 16.6 Å². The molecule has 8 nitrogen and oxygen atoms in total. The second-order valence-electron chi connectivity index (χ2n) is 8.44. The average molecular weight is 500 g/mol. The van der Waals surface area contributed by atoms with Gasteiger partial charge in [0, 0.05) is 31.0 Å². The first-order valence-corrected chi connectivity index (χ1v) is 12.1. The van der Waals surface area contributed by atoms with Crippen LogP contribution in [0.1, 0.15) is 30.0 Å². The first-order valence-electron chi connectivity index (χ1n) is 11.7. The first-order chi connectivity index (χ1) is 17.6. The van der Waals surface area contributed by atoms with Crippen LogP contribution in [0.4, 0.5) is 11.4 Å². The zero-order valence-corrected chi connectivity index (χ0v) is 20.2. The van der Waals surface area contributed by atoms with Crippen LogP contribution >= 0.6 is 12.2 Å². The third kappa shape index (κ3) is 4.92. The van der Waals surface area contributed by atoms with E-state index in [1.165, 1.54) is 6.07 Å². The van der Waals surface area contributed by atoms with Crippen molar-refractivity contribution in [1.29, 1.82) is 0 Å². The summed E-state index contributed by atoms with van der Waals surface area (Å²) in [5.74, 6) is 1.11. The summed E-state index contributed by atoms with van der Waals surface area (Å²) in [6.45, 7) is 1.48. The van der Waals surface area contributed by atoms with E-state index in [9.17, 15) is 10.1 Å². The zero-order valence-electron chi connectivity index (χ0n) is 19.4. The van der Waals surface area contributed by atoms with Crippen molar-refractivity contribution in [1.82, 2.24) is 15.2 Å². The van der Waals surface area contributed by atoms with Crippen molar-refractivity contribution < 1.29 is 9.34 Å². The van der Waals surface area contributed by atoms with E-state index in [1.807, 2.05) is 54.6 Å². The van der Waals surface area contributed by atoms with Gasteiger partial charge in [-0.1, -0.05) is 36.4 Å². The van der Waals surface area contributed by atoms with Crippen molar-refractivity contribution >= 4 is 28.7 Å². The molecule has 1 saturated heterocycles. The van der Waals surface area contributed by atoms with Gasteiger partial charge in [-0.25, -0.2) is 0 Å². The standard InChI is InChI=1S/C27H25N5O3S/c33-32(34)22-13-5-4-11-20(22)23-14-15-24(35-23)26-25(21-12-6-7-16-29-21)30-27(36)31(26)18-8-17-28-19-9-2-1-3-10-19/h1-7,9-16,25-26,28H,8,17-18H2,(H,30,36)/t25-,26-/m0/s1. The average Bonchev–Trinajstić information content (AvgIpc) is 3.52. The molecule has 0 bridgehead atoms. The lowest BCUT2D eigenvalue weighted by molar-refractivity contribution is -0.384. The number of pyridine rings is 1. The Balaban J connectivity index is 1.41. The van der Waals surface area contributed by atoms with E-state index >= 15 is 0 Å². The molecule has 182 valence electrons. The van der Waals surface area contributed by atoms with E-state index in [1.54, 1.807) is 30.5 Å². The third-order valence-corrected chi connectivity index (χ3v) is 6.51. The number of thiocarbonyl (C=S) groups is 1. The molecule has 2 atom stereocenters. The highest BCUT2D eigenvalue weighted by Crippen LogP contribution is 2.41. The van der Waals surface area contributed by atoms with Gasteiger partial charge in [0.25, 0.3) is 5.69 Å². The van der Waals surface area contributed by atoms with Crippen molar-refractivity contribution in [3.05, 3.63) is 113 Å². The Morgan fingerprint density at radius 1 is 1.03 bits per heavy atom. The maximum atomic E-state index is 11.6. The lowest BCUT2D eigenvalue weighted by Gasteiger charge is -2.26. The van der Waals surface area contributed by atoms with Crippen molar-refractivity contribution in [3.8, 4) is 11.3 Å². The van der Waals surface area contributed by atoms with Crippen molar-refractivity contribution in [3.63, 3.8) is 0 Å². The number of nitrogens with zero attached hydrogens (tertiary/aromatic N) is 3. The predicted octanol–water partition coefficient (Wildman–Crippen LogP) is 5.72. The van der Waals surface area contributed by atoms with Crippen LogP contribution in [0.15, 0.2) is 95.5 Å². The number of nitrogens with one attached hydrogen (secondary N) is 2. The number of furan rings is 1. The van der Waals surface area contributed by atoms with Gasteiger partial charge >= 0.3 is 0 Å². The van der Waals surface area contributed by atoms with Crippen LogP contribution in [0, 0.1) is 10.1 Å². The number of anilines is 1. The molecule has 0 amide bonds. The molecule has 1 aliphatic rings. The van der Waals surface area contributed by atoms with Crippen molar-refractivity contribution in [2.75, 3.05) is 18.4 Å². The number of nitro benzene ring substituents is 1. The highest BCUT2D eigenvalue weighted by molar-refractivity contribution is 7.80. The number of nitro groups is 1. The van der Waals surface area contributed by atoms with Gasteiger partial charge in [0.2, 0.25) is 0 Å². The van der Waals surface area contributed by atoms with E-state index in [-0.39, 0.29) is 17.8 Å². The fourth-order valence-corrected chi connectivity index (χ4v) is 4.82. The molecule has 2 N–H and O–H groups in total. The minimum absolute atomic E-state index is 0.00332. The van der Waals surface area contributed by atoms with Crippen LogP contribution in [0.3, 0.4) is 0 Å². The molecule has 3 heterocycles. The Morgan fingerprint density at radius 3 is 2.58 bits per heavy atom. The highest BCUT2D eigenvalue weighted by atomic mass is 32.1. The summed E-state index contributed by atoms with van der Waals surface area (Å²) in [4.78, 5) is 17.8. The highest BCUT2D eigenvalue weighted by Gasteiger charge is 2.41. The maximum absolute atomic E-state index is 11.6. The smallest absolute Gasteiger partial charge is 0.280 e. The van der Waals surface area contributed by atoms with Gasteiger partial charge in [-0.2, -0.15) is 0 Å². The number of para-hydroxylation sites is 2. The minimum Gasteiger partial charge on any atom is -0.459 e. The van der Waals surface area contributed by atoms with Gasteiger partial charge < -0.3 is 20.0 Å². The van der Waals surface area contributed by atoms with Gasteiger partial charge in [-0.3, -0.25) is 15.1 Å². The van der Waals surface area contributed by atoms with Gasteiger partial charge in [-0.15, -0.1) is 0 Å². The summed E-state index contributed by atoms with van der Waals surface area (Å²) in [6.07, 6.45) is 2.60. The largest absolute Gasteiger partial charge is 0.459 e. The molecule has 0 saturated carbocycles. The van der Waals surface area contributed by atoms with Crippen LogP contribution in [0.2, 0.25) is 0 Å². The summed E-state index contributed by atoms with van der Waals surface area (Å²) in [7, 11) is 0. The first kappa shape index (κ1) is 23.5. The molecule has 36 heavy (non-hydrogen) atoms. The van der Waals surface area contributed by atoms with Crippen molar-refractivity contribution in [2.45, 2.75) is 18.5 Å². The van der Waals surface area contributed by atoms with E-state index < -0.39 is 4.92 Å². The SMILES string of the molecule is O=[N+]([O-])c1ccccc1-c1ccc([C@H]2[C@H](c3ccccn3)NC(=S)N2CCCNc2ccccc2)o1. The van der Waals surface area contributed by atoms with E-state index in [0.717, 1.165) is 24.3 Å². The molecule has 1 aliphatic heterocycles. The lowest BCUT2D eigenvalue weighted by atomic mass is 10.0. The maximum Gasteiger partial charge on any atom is 0.280 e. The molecule has 4 aromatic rings. The zero-order chi connectivity index (χ0) is 24.9. The minimum atomic E-state index is -0.396.